The summed E-state index contributed by atoms with van der Waals surface area (Å²) in [6, 6.07) is 3.65. The van der Waals surface area contributed by atoms with Gasteiger partial charge in [0, 0.05) is 5.25 Å². The van der Waals surface area contributed by atoms with E-state index in [1.54, 1.807) is 13.0 Å². The molecule has 2 aliphatic heterocycles. The number of rotatable bonds is 7. The third-order valence-corrected chi connectivity index (χ3v) is 5.48. The number of β-lactam (4-membered cyclic amide) rings is 1. The van der Waals surface area contributed by atoms with Gasteiger partial charge >= 0.3 is 5.97 Å². The molecule has 11 nitrogen and oxygen atoms in total. The van der Waals surface area contributed by atoms with Crippen molar-refractivity contribution in [3.63, 3.8) is 0 Å². The Balaban J connectivity index is 1.80. The van der Waals surface area contributed by atoms with E-state index < -0.39 is 29.2 Å². The van der Waals surface area contributed by atoms with Gasteiger partial charge in [-0.05, 0) is 25.1 Å². The molecule has 152 valence electrons. The van der Waals surface area contributed by atoms with Crippen molar-refractivity contribution >= 4 is 47.5 Å². The molecule has 3 rings (SSSR count). The molecule has 3 amide bonds. The number of nitrogens with one attached hydrogen (secondary N) is 2. The maximum Gasteiger partial charge on any atom is 0.352 e. The van der Waals surface area contributed by atoms with Crippen LogP contribution in [0, 0.1) is 0 Å². The summed E-state index contributed by atoms with van der Waals surface area (Å²) in [5, 5.41) is 17.2. The number of anilines is 1. The molecule has 0 bridgehead atoms. The summed E-state index contributed by atoms with van der Waals surface area (Å²) in [4.78, 5) is 57.2. The highest BCUT2D eigenvalue weighted by atomic mass is 32.2. The Labute approximate surface area is 169 Å². The monoisotopic (exact) mass is 419 g/mol. The number of carboxylic acids is 1. The number of hydrogen-bond acceptors (Lipinski definition) is 8. The normalized spacial score (nSPS) is 23.3. The van der Waals surface area contributed by atoms with Crippen molar-refractivity contribution in [2.75, 3.05) is 12.4 Å². The molecule has 0 radical (unpaired) electrons. The van der Waals surface area contributed by atoms with E-state index in [4.69, 9.17) is 4.84 Å². The number of oxime groups is 1. The van der Waals surface area contributed by atoms with Gasteiger partial charge in [-0.3, -0.25) is 19.3 Å². The van der Waals surface area contributed by atoms with E-state index in [1.807, 2.05) is 0 Å². The van der Waals surface area contributed by atoms with Crippen LogP contribution in [0.5, 0.6) is 0 Å². The van der Waals surface area contributed by atoms with Crippen LogP contribution in [0.3, 0.4) is 0 Å². The van der Waals surface area contributed by atoms with E-state index in [1.165, 1.54) is 37.1 Å². The summed E-state index contributed by atoms with van der Waals surface area (Å²) in [5.41, 5.74) is -0.177. The van der Waals surface area contributed by atoms with Crippen molar-refractivity contribution in [1.82, 2.24) is 15.2 Å². The van der Waals surface area contributed by atoms with Crippen molar-refractivity contribution in [1.29, 1.82) is 0 Å². The summed E-state index contributed by atoms with van der Waals surface area (Å²) < 4.78 is 0. The zero-order valence-corrected chi connectivity index (χ0v) is 16.2. The molecule has 1 aromatic heterocycles. The first-order valence-corrected chi connectivity index (χ1v) is 9.35. The number of carbonyl (C=O) groups is 4. The van der Waals surface area contributed by atoms with Gasteiger partial charge in [0.1, 0.15) is 35.7 Å². The highest BCUT2D eigenvalue weighted by Gasteiger charge is 2.54. The van der Waals surface area contributed by atoms with E-state index in [9.17, 15) is 24.3 Å². The molecule has 2 aliphatic rings. The van der Waals surface area contributed by atoms with Crippen LogP contribution in [0.25, 0.3) is 0 Å². The minimum absolute atomic E-state index is 0.100. The topological polar surface area (TPSA) is 150 Å². The quantitative estimate of drug-likeness (QED) is 0.237. The van der Waals surface area contributed by atoms with Crippen molar-refractivity contribution in [3.8, 4) is 0 Å². The zero-order valence-electron chi connectivity index (χ0n) is 15.4. The molecule has 0 saturated carbocycles. The molecule has 3 heterocycles. The molecule has 29 heavy (non-hydrogen) atoms. The van der Waals surface area contributed by atoms with Crippen LogP contribution in [-0.2, 0) is 24.0 Å². The summed E-state index contributed by atoms with van der Waals surface area (Å²) in [5.74, 6) is -2.25. The van der Waals surface area contributed by atoms with Crippen LogP contribution in [0.15, 0.2) is 35.1 Å². The molecule has 2 unspecified atom stereocenters. The van der Waals surface area contributed by atoms with E-state index in [-0.39, 0.29) is 28.2 Å². The Morgan fingerprint density at radius 2 is 2.17 bits per heavy atom. The van der Waals surface area contributed by atoms with E-state index >= 15 is 0 Å². The number of nitrogens with zero attached hydrogens (tertiary/aromatic N) is 3. The van der Waals surface area contributed by atoms with Gasteiger partial charge in [-0.25, -0.2) is 9.78 Å². The summed E-state index contributed by atoms with van der Waals surface area (Å²) in [6.45, 7) is 1.81. The van der Waals surface area contributed by atoms with E-state index in [0.717, 1.165) is 4.90 Å². The first-order valence-electron chi connectivity index (χ1n) is 8.40. The molecule has 3 N–H and O–H groups in total. The van der Waals surface area contributed by atoms with Gasteiger partial charge in [-0.15, -0.1) is 11.8 Å². The second-order valence-electron chi connectivity index (χ2n) is 6.04. The van der Waals surface area contributed by atoms with Crippen molar-refractivity contribution in [2.45, 2.75) is 23.6 Å². The smallest absolute Gasteiger partial charge is 0.352 e. The number of pyridine rings is 1. The first kappa shape index (κ1) is 20.3. The average molecular weight is 419 g/mol. The van der Waals surface area contributed by atoms with Gasteiger partial charge in [-0.2, -0.15) is 0 Å². The number of carboxylic acid groups (broad SMARTS) is 1. The standard InChI is InChI=1S/C17H17N5O6S/c1-8-6-10(17(26)27)22-15(25)13(16(22)29-8)20-14(24)12(21-28-2)9-4-3-5-11(19-9)18-7-23/h3-8,13,16H,1-2H3,(H,20,24)(H,26,27)(H,18,19,23)/b21-12-/t8?,13?,16-/m1/s1. The van der Waals surface area contributed by atoms with E-state index in [2.05, 4.69) is 20.8 Å². The number of aromatic nitrogens is 1. The van der Waals surface area contributed by atoms with Gasteiger partial charge in [0.2, 0.25) is 6.41 Å². The van der Waals surface area contributed by atoms with Crippen LogP contribution in [0.1, 0.15) is 12.6 Å². The third kappa shape index (κ3) is 3.92. The Kier molecular flexibility index (Phi) is 5.82. The number of amides is 3. The second kappa shape index (κ2) is 8.31. The fourth-order valence-corrected chi connectivity index (χ4v) is 4.27. The number of thioether (sulfide) groups is 1. The molecular formula is C17H17N5O6S. The van der Waals surface area contributed by atoms with Crippen LogP contribution in [-0.4, -0.2) is 68.7 Å². The molecule has 3 atom stereocenters. The Bertz CT molecular complexity index is 933. The first-order chi connectivity index (χ1) is 13.9. The van der Waals surface area contributed by atoms with Crippen molar-refractivity contribution in [3.05, 3.63) is 35.7 Å². The van der Waals surface area contributed by atoms with Crippen LogP contribution in [0.4, 0.5) is 5.82 Å². The van der Waals surface area contributed by atoms with Gasteiger partial charge in [0.15, 0.2) is 5.71 Å². The fourth-order valence-electron chi connectivity index (χ4n) is 2.94. The average Bonchev–Trinajstić information content (AvgIpc) is 2.69. The van der Waals surface area contributed by atoms with Crippen LogP contribution < -0.4 is 10.6 Å². The maximum atomic E-state index is 12.8. The molecule has 1 saturated heterocycles. The molecule has 0 aliphatic carbocycles. The van der Waals surface area contributed by atoms with Crippen LogP contribution in [0.2, 0.25) is 0 Å². The summed E-state index contributed by atoms with van der Waals surface area (Å²) in [7, 11) is 1.25. The number of carbonyl (C=O) groups excluding carboxylic acids is 3. The fraction of sp³-hybridized carbons (Fsp3) is 0.294. The van der Waals surface area contributed by atoms with Crippen molar-refractivity contribution in [2.24, 2.45) is 5.16 Å². The number of hydrogen-bond donors (Lipinski definition) is 3. The predicted molar refractivity (Wildman–Crippen MR) is 103 cm³/mol. The Morgan fingerprint density at radius 1 is 1.41 bits per heavy atom. The lowest BCUT2D eigenvalue weighted by Crippen LogP contribution is -2.71. The molecule has 0 spiro atoms. The van der Waals surface area contributed by atoms with Gasteiger partial charge in [0.25, 0.3) is 11.8 Å². The van der Waals surface area contributed by atoms with Gasteiger partial charge in [0.05, 0.1) is 0 Å². The highest BCUT2D eigenvalue weighted by Crippen LogP contribution is 2.40. The van der Waals surface area contributed by atoms with E-state index in [0.29, 0.717) is 6.41 Å². The number of fused-ring (bicyclic) bond motifs is 1. The molecule has 12 heteroatoms. The number of aliphatic carboxylic acids is 1. The largest absolute Gasteiger partial charge is 0.477 e. The second-order valence-corrected chi connectivity index (χ2v) is 7.54. The van der Waals surface area contributed by atoms with Crippen molar-refractivity contribution < 1.29 is 29.1 Å². The lowest BCUT2D eigenvalue weighted by atomic mass is 10.0. The lowest BCUT2D eigenvalue weighted by Gasteiger charge is -2.49. The SMILES string of the molecule is CO/N=C(\C(=O)NC1C(=O)N2C(C(=O)O)=CC(C)S[C@H]12)c1cccc(NC=O)n1. The Hall–Kier alpha value is -3.41. The highest BCUT2D eigenvalue weighted by molar-refractivity contribution is 8.00. The van der Waals surface area contributed by atoms with Gasteiger partial charge in [-0.1, -0.05) is 11.2 Å². The maximum absolute atomic E-state index is 12.8. The zero-order chi connectivity index (χ0) is 21.1. The molecule has 1 aromatic rings. The minimum Gasteiger partial charge on any atom is -0.477 e. The molecular weight excluding hydrogens is 402 g/mol. The third-order valence-electron chi connectivity index (χ3n) is 4.15. The molecule has 1 fully saturated rings. The summed E-state index contributed by atoms with van der Waals surface area (Å²) in [6.07, 6.45) is 1.93. The Morgan fingerprint density at radius 3 is 2.83 bits per heavy atom. The lowest BCUT2D eigenvalue weighted by molar-refractivity contribution is -0.150. The van der Waals surface area contributed by atoms with Crippen LogP contribution >= 0.6 is 11.8 Å². The predicted octanol–water partition coefficient (Wildman–Crippen LogP) is -0.243. The molecule has 0 aromatic carbocycles. The minimum atomic E-state index is -1.20. The summed E-state index contributed by atoms with van der Waals surface area (Å²) >= 11 is 1.36. The van der Waals surface area contributed by atoms with Gasteiger partial charge < -0.3 is 20.6 Å².